The average molecular weight is 274 g/mol. The molecule has 98 valence electrons. The van der Waals surface area contributed by atoms with Crippen molar-refractivity contribution in [1.29, 1.82) is 5.26 Å². The highest BCUT2D eigenvalue weighted by Gasteiger charge is 2.18. The van der Waals surface area contributed by atoms with Crippen LogP contribution in [-0.4, -0.2) is 14.2 Å². The molecule has 0 amide bonds. The minimum Gasteiger partial charge on any atom is -0.497 e. The fourth-order valence-electron chi connectivity index (χ4n) is 1.99. The lowest BCUT2D eigenvalue weighted by Gasteiger charge is -2.11. The largest absolute Gasteiger partial charge is 0.497 e. The highest BCUT2D eigenvalue weighted by atomic mass is 32.1. The van der Waals surface area contributed by atoms with Gasteiger partial charge in [0.1, 0.15) is 22.4 Å². The Labute approximate surface area is 116 Å². The first kappa shape index (κ1) is 13.2. The number of rotatable bonds is 3. The molecule has 0 aliphatic heterocycles. The zero-order chi connectivity index (χ0) is 14.0. The van der Waals surface area contributed by atoms with Crippen LogP contribution >= 0.6 is 11.3 Å². The molecule has 2 rings (SSSR count). The SMILES string of the molecule is COc1ccc(OC)c(-c2c(C)sc(C#N)c2N)c1. The van der Waals surface area contributed by atoms with Crippen molar-refractivity contribution in [3.63, 3.8) is 0 Å². The van der Waals surface area contributed by atoms with E-state index in [1.807, 2.05) is 25.1 Å². The van der Waals surface area contributed by atoms with Crippen molar-refractivity contribution in [1.82, 2.24) is 0 Å². The molecule has 0 unspecified atom stereocenters. The number of aryl methyl sites for hydroxylation is 1. The van der Waals surface area contributed by atoms with Gasteiger partial charge in [0.2, 0.25) is 0 Å². The number of nitrogens with zero attached hydrogens (tertiary/aromatic N) is 1. The summed E-state index contributed by atoms with van der Waals surface area (Å²) in [7, 11) is 3.21. The molecule has 2 aromatic rings. The van der Waals surface area contributed by atoms with Crippen molar-refractivity contribution in [2.45, 2.75) is 6.92 Å². The number of hydrogen-bond acceptors (Lipinski definition) is 5. The number of hydrogen-bond donors (Lipinski definition) is 1. The van der Waals surface area contributed by atoms with Crippen LogP contribution in [0.5, 0.6) is 11.5 Å². The molecule has 0 saturated heterocycles. The number of thiophene rings is 1. The predicted octanol–water partition coefficient (Wildman–Crippen LogP) is 3.19. The lowest BCUT2D eigenvalue weighted by molar-refractivity contribution is 0.404. The third-order valence-electron chi connectivity index (χ3n) is 2.90. The summed E-state index contributed by atoms with van der Waals surface area (Å²) in [5.74, 6) is 1.43. The van der Waals surface area contributed by atoms with Gasteiger partial charge in [-0.3, -0.25) is 0 Å². The van der Waals surface area contributed by atoms with Gasteiger partial charge in [0.15, 0.2) is 0 Å². The molecule has 0 aliphatic rings. The normalized spacial score (nSPS) is 10.0. The minimum atomic E-state index is 0.497. The van der Waals surface area contributed by atoms with Gasteiger partial charge in [-0.05, 0) is 25.1 Å². The number of benzene rings is 1. The monoisotopic (exact) mass is 274 g/mol. The van der Waals surface area contributed by atoms with Crippen molar-refractivity contribution in [2.75, 3.05) is 20.0 Å². The van der Waals surface area contributed by atoms with Crippen LogP contribution in [0.2, 0.25) is 0 Å². The Morgan fingerprint density at radius 3 is 2.53 bits per heavy atom. The molecule has 4 nitrogen and oxygen atoms in total. The Morgan fingerprint density at radius 2 is 2.00 bits per heavy atom. The molecule has 1 aromatic carbocycles. The maximum absolute atomic E-state index is 9.05. The second-order valence-corrected chi connectivity index (χ2v) is 5.18. The van der Waals surface area contributed by atoms with Crippen molar-refractivity contribution < 1.29 is 9.47 Å². The van der Waals surface area contributed by atoms with Gasteiger partial charge >= 0.3 is 0 Å². The van der Waals surface area contributed by atoms with E-state index in [-0.39, 0.29) is 0 Å². The van der Waals surface area contributed by atoms with E-state index in [1.165, 1.54) is 11.3 Å². The van der Waals surface area contributed by atoms with Gasteiger partial charge in [-0.2, -0.15) is 5.26 Å². The van der Waals surface area contributed by atoms with Crippen molar-refractivity contribution in [3.8, 4) is 28.7 Å². The molecule has 0 bridgehead atoms. The molecule has 2 N–H and O–H groups in total. The second-order valence-electron chi connectivity index (χ2n) is 3.95. The molecule has 5 heteroatoms. The molecule has 0 radical (unpaired) electrons. The number of nitriles is 1. The van der Waals surface area contributed by atoms with Crippen molar-refractivity contribution in [2.24, 2.45) is 0 Å². The summed E-state index contributed by atoms with van der Waals surface area (Å²) in [4.78, 5) is 1.51. The van der Waals surface area contributed by atoms with Crippen LogP contribution in [0.1, 0.15) is 9.75 Å². The van der Waals surface area contributed by atoms with E-state index >= 15 is 0 Å². The van der Waals surface area contributed by atoms with E-state index < -0.39 is 0 Å². The van der Waals surface area contributed by atoms with Crippen LogP contribution in [0.3, 0.4) is 0 Å². The molecular formula is C14H14N2O2S. The molecule has 1 heterocycles. The van der Waals surface area contributed by atoms with Crippen LogP contribution in [0.25, 0.3) is 11.1 Å². The lowest BCUT2D eigenvalue weighted by Crippen LogP contribution is -1.94. The summed E-state index contributed by atoms with van der Waals surface area (Å²) in [5, 5.41) is 9.05. The van der Waals surface area contributed by atoms with Crippen LogP contribution in [0.4, 0.5) is 5.69 Å². The summed E-state index contributed by atoms with van der Waals surface area (Å²) in [6.45, 7) is 1.94. The summed E-state index contributed by atoms with van der Waals surface area (Å²) >= 11 is 1.39. The van der Waals surface area contributed by atoms with E-state index in [2.05, 4.69) is 6.07 Å². The number of ether oxygens (including phenoxy) is 2. The molecule has 0 saturated carbocycles. The Balaban J connectivity index is 2.71. The third kappa shape index (κ3) is 2.23. The summed E-state index contributed by atoms with van der Waals surface area (Å²) in [6, 6.07) is 7.64. The van der Waals surface area contributed by atoms with E-state index in [0.717, 1.165) is 21.8 Å². The minimum absolute atomic E-state index is 0.497. The maximum atomic E-state index is 9.05. The lowest BCUT2D eigenvalue weighted by atomic mass is 10.0. The highest BCUT2D eigenvalue weighted by molar-refractivity contribution is 7.13. The first-order valence-corrected chi connectivity index (χ1v) is 6.45. The molecule has 0 fully saturated rings. The highest BCUT2D eigenvalue weighted by Crippen LogP contribution is 2.43. The van der Waals surface area contributed by atoms with Gasteiger partial charge in [-0.1, -0.05) is 0 Å². The van der Waals surface area contributed by atoms with Crippen LogP contribution in [0, 0.1) is 18.3 Å². The third-order valence-corrected chi connectivity index (χ3v) is 3.92. The summed E-state index contributed by atoms with van der Waals surface area (Å²) in [6.07, 6.45) is 0. The van der Waals surface area contributed by atoms with Crippen LogP contribution in [-0.2, 0) is 0 Å². The van der Waals surface area contributed by atoms with Gasteiger partial charge in [0.05, 0.1) is 19.9 Å². The zero-order valence-electron chi connectivity index (χ0n) is 11.0. The van der Waals surface area contributed by atoms with Gasteiger partial charge in [0.25, 0.3) is 0 Å². The fourth-order valence-corrected chi connectivity index (χ4v) is 2.88. The van der Waals surface area contributed by atoms with Gasteiger partial charge in [-0.15, -0.1) is 11.3 Å². The Morgan fingerprint density at radius 1 is 1.26 bits per heavy atom. The number of nitrogen functional groups attached to an aromatic ring is 1. The predicted molar refractivity (Wildman–Crippen MR) is 76.7 cm³/mol. The topological polar surface area (TPSA) is 68.3 Å². The van der Waals surface area contributed by atoms with Crippen LogP contribution in [0.15, 0.2) is 18.2 Å². The first-order valence-electron chi connectivity index (χ1n) is 5.63. The molecule has 19 heavy (non-hydrogen) atoms. The Hall–Kier alpha value is -2.19. The van der Waals surface area contributed by atoms with E-state index in [1.54, 1.807) is 14.2 Å². The Bertz CT molecular complexity index is 656. The van der Waals surface area contributed by atoms with Gasteiger partial charge in [-0.25, -0.2) is 0 Å². The van der Waals surface area contributed by atoms with E-state index in [4.69, 9.17) is 20.5 Å². The van der Waals surface area contributed by atoms with E-state index in [0.29, 0.717) is 16.3 Å². The average Bonchev–Trinajstić information content (AvgIpc) is 2.72. The standard InChI is InChI=1S/C14H14N2O2S/c1-8-13(14(16)12(7-15)19-8)10-6-9(17-2)4-5-11(10)18-3/h4-6H,16H2,1-3H3. The summed E-state index contributed by atoms with van der Waals surface area (Å²) < 4.78 is 10.6. The van der Waals surface area contributed by atoms with Gasteiger partial charge < -0.3 is 15.2 Å². The number of methoxy groups -OCH3 is 2. The maximum Gasteiger partial charge on any atom is 0.128 e. The van der Waals surface area contributed by atoms with Crippen molar-refractivity contribution >= 4 is 17.0 Å². The summed E-state index contributed by atoms with van der Waals surface area (Å²) in [5.41, 5.74) is 8.24. The van der Waals surface area contributed by atoms with Crippen LogP contribution < -0.4 is 15.2 Å². The van der Waals surface area contributed by atoms with Crippen molar-refractivity contribution in [3.05, 3.63) is 28.0 Å². The van der Waals surface area contributed by atoms with Gasteiger partial charge in [0, 0.05) is 16.0 Å². The molecule has 0 atom stereocenters. The first-order chi connectivity index (χ1) is 9.12. The fraction of sp³-hybridized carbons (Fsp3) is 0.214. The number of anilines is 1. The Kier molecular flexibility index (Phi) is 3.63. The molecule has 0 spiro atoms. The zero-order valence-corrected chi connectivity index (χ0v) is 11.8. The number of nitrogens with two attached hydrogens (primary N) is 1. The molecular weight excluding hydrogens is 260 g/mol. The molecule has 1 aromatic heterocycles. The smallest absolute Gasteiger partial charge is 0.128 e. The second kappa shape index (κ2) is 5.21. The quantitative estimate of drug-likeness (QED) is 0.933. The van der Waals surface area contributed by atoms with E-state index in [9.17, 15) is 0 Å². The molecule has 0 aliphatic carbocycles.